The van der Waals surface area contributed by atoms with Crippen molar-refractivity contribution < 1.29 is 19.7 Å². The number of aliphatic hydroxyl groups excluding tert-OH is 3. The molecule has 8 nitrogen and oxygen atoms in total. The molecule has 3 rings (SSSR count). The molecule has 21 heavy (non-hydrogen) atoms. The van der Waals surface area contributed by atoms with Crippen LogP contribution in [-0.2, 0) is 0 Å². The van der Waals surface area contributed by atoms with Gasteiger partial charge in [-0.05, 0) is 6.92 Å². The summed E-state index contributed by atoms with van der Waals surface area (Å²) in [7, 11) is 0. The molecule has 0 radical (unpaired) electrons. The Labute approximate surface area is 118 Å². The topological polar surface area (TPSA) is 130 Å². The molecule has 0 spiro atoms. The molecule has 1 aliphatic carbocycles. The van der Waals surface area contributed by atoms with Crippen molar-refractivity contribution in [2.24, 2.45) is 0 Å². The van der Waals surface area contributed by atoms with Crippen molar-refractivity contribution in [1.82, 2.24) is 19.5 Å². The zero-order valence-corrected chi connectivity index (χ0v) is 11.0. The van der Waals surface area contributed by atoms with Crippen LogP contribution in [0.25, 0.3) is 11.2 Å². The first-order chi connectivity index (χ1) is 9.93. The average molecular weight is 295 g/mol. The highest BCUT2D eigenvalue weighted by Gasteiger charge is 2.45. The number of rotatable bonds is 2. The third kappa shape index (κ3) is 1.89. The molecule has 0 saturated carbocycles. The van der Waals surface area contributed by atoms with Crippen molar-refractivity contribution >= 4 is 17.0 Å². The van der Waals surface area contributed by atoms with Gasteiger partial charge in [-0.15, -0.1) is 0 Å². The number of nitrogens with zero attached hydrogens (tertiary/aromatic N) is 4. The van der Waals surface area contributed by atoms with Gasteiger partial charge in [0.15, 0.2) is 11.5 Å². The lowest BCUT2D eigenvalue weighted by molar-refractivity contribution is 0.0217. The summed E-state index contributed by atoms with van der Waals surface area (Å²) < 4.78 is 15.7. The van der Waals surface area contributed by atoms with Crippen molar-refractivity contribution in [2.75, 3.05) is 5.73 Å². The minimum atomic E-state index is -1.49. The van der Waals surface area contributed by atoms with Gasteiger partial charge in [-0.25, -0.2) is 19.3 Å². The van der Waals surface area contributed by atoms with E-state index in [9.17, 15) is 19.7 Å². The number of aromatic nitrogens is 4. The van der Waals surface area contributed by atoms with Crippen LogP contribution in [-0.4, -0.2) is 53.2 Å². The molecular weight excluding hydrogens is 281 g/mol. The predicted octanol–water partition coefficient (Wildman–Crippen LogP) is -0.711. The largest absolute Gasteiger partial charge is 0.389 e. The molecule has 4 unspecified atom stereocenters. The summed E-state index contributed by atoms with van der Waals surface area (Å²) >= 11 is 0. The highest BCUT2D eigenvalue weighted by molar-refractivity contribution is 5.81. The van der Waals surface area contributed by atoms with Crippen LogP contribution in [0.1, 0.15) is 13.0 Å². The van der Waals surface area contributed by atoms with E-state index in [1.54, 1.807) is 0 Å². The molecule has 2 aromatic rings. The van der Waals surface area contributed by atoms with E-state index in [4.69, 9.17) is 5.73 Å². The highest BCUT2D eigenvalue weighted by Crippen LogP contribution is 2.40. The van der Waals surface area contributed by atoms with Crippen molar-refractivity contribution in [3.8, 4) is 0 Å². The number of fused-ring (bicyclic) bond motifs is 1. The molecule has 0 saturated heterocycles. The van der Waals surface area contributed by atoms with Gasteiger partial charge in [-0.1, -0.05) is 0 Å². The Hall–Kier alpha value is -2.10. The van der Waals surface area contributed by atoms with Crippen LogP contribution < -0.4 is 5.73 Å². The maximum atomic E-state index is 14.5. The smallest absolute Gasteiger partial charge is 0.166 e. The van der Waals surface area contributed by atoms with Crippen LogP contribution in [0.15, 0.2) is 24.1 Å². The van der Waals surface area contributed by atoms with E-state index in [1.807, 2.05) is 0 Å². The predicted molar refractivity (Wildman–Crippen MR) is 70.6 cm³/mol. The molecule has 0 aliphatic heterocycles. The van der Waals surface area contributed by atoms with Gasteiger partial charge in [0.1, 0.15) is 35.9 Å². The maximum absolute atomic E-state index is 14.5. The Morgan fingerprint density at radius 2 is 2.05 bits per heavy atom. The molecule has 1 aliphatic rings. The molecule has 0 bridgehead atoms. The summed E-state index contributed by atoms with van der Waals surface area (Å²) in [5, 5.41) is 29.5. The Morgan fingerprint density at radius 3 is 2.67 bits per heavy atom. The highest BCUT2D eigenvalue weighted by atomic mass is 19.1. The Kier molecular flexibility index (Phi) is 3.12. The Bertz CT molecular complexity index is 729. The quantitative estimate of drug-likeness (QED) is 0.575. The first-order valence-corrected chi connectivity index (χ1v) is 6.30. The van der Waals surface area contributed by atoms with E-state index in [-0.39, 0.29) is 22.6 Å². The van der Waals surface area contributed by atoms with Crippen LogP contribution in [0.4, 0.5) is 10.2 Å². The van der Waals surface area contributed by atoms with Gasteiger partial charge >= 0.3 is 0 Å². The molecule has 112 valence electrons. The first kappa shape index (κ1) is 13.9. The summed E-state index contributed by atoms with van der Waals surface area (Å²) in [6.07, 6.45) is -1.70. The van der Waals surface area contributed by atoms with Gasteiger partial charge in [-0.2, -0.15) is 0 Å². The average Bonchev–Trinajstić information content (AvgIpc) is 2.92. The normalized spacial score (nSPS) is 27.6. The van der Waals surface area contributed by atoms with Crippen molar-refractivity contribution in [2.45, 2.75) is 31.3 Å². The zero-order chi connectivity index (χ0) is 15.3. The summed E-state index contributed by atoms with van der Waals surface area (Å²) in [4.78, 5) is 11.7. The molecule has 0 aromatic carbocycles. The zero-order valence-electron chi connectivity index (χ0n) is 11.0. The molecule has 0 amide bonds. The fourth-order valence-corrected chi connectivity index (χ4v) is 2.63. The molecule has 4 atom stereocenters. The van der Waals surface area contributed by atoms with E-state index in [1.165, 1.54) is 24.1 Å². The van der Waals surface area contributed by atoms with Gasteiger partial charge in [-0.3, -0.25) is 0 Å². The minimum Gasteiger partial charge on any atom is -0.389 e. The van der Waals surface area contributed by atoms with Crippen LogP contribution in [0.5, 0.6) is 0 Å². The second kappa shape index (κ2) is 4.72. The van der Waals surface area contributed by atoms with Gasteiger partial charge in [0.05, 0.1) is 12.4 Å². The first-order valence-electron chi connectivity index (χ1n) is 6.30. The number of anilines is 1. The number of hydrogen-bond donors (Lipinski definition) is 4. The van der Waals surface area contributed by atoms with Crippen LogP contribution in [0, 0.1) is 0 Å². The fourth-order valence-electron chi connectivity index (χ4n) is 2.63. The van der Waals surface area contributed by atoms with Crippen LogP contribution in [0.3, 0.4) is 0 Å². The number of nitrogens with two attached hydrogens (primary N) is 1. The minimum absolute atomic E-state index is 0.131. The number of halogens is 1. The molecule has 9 heteroatoms. The fraction of sp³-hybridized carbons (Fsp3) is 0.417. The molecular formula is C12H14FN5O3. The molecule has 2 heterocycles. The van der Waals surface area contributed by atoms with E-state index >= 15 is 0 Å². The lowest BCUT2D eigenvalue weighted by Gasteiger charge is -2.19. The maximum Gasteiger partial charge on any atom is 0.166 e. The van der Waals surface area contributed by atoms with E-state index < -0.39 is 30.2 Å². The second-order valence-corrected chi connectivity index (χ2v) is 4.94. The summed E-state index contributed by atoms with van der Waals surface area (Å²) in [5.74, 6) is -0.673. The third-order valence-electron chi connectivity index (χ3n) is 3.64. The summed E-state index contributed by atoms with van der Waals surface area (Å²) in [6, 6.07) is -1.22. The van der Waals surface area contributed by atoms with Gasteiger partial charge in [0, 0.05) is 5.57 Å². The number of hydrogen-bond acceptors (Lipinski definition) is 7. The lowest BCUT2D eigenvalue weighted by Crippen LogP contribution is -2.31. The van der Waals surface area contributed by atoms with Crippen molar-refractivity contribution in [3.63, 3.8) is 0 Å². The van der Waals surface area contributed by atoms with E-state index in [0.717, 1.165) is 0 Å². The standard InChI is InChI=1S/C12H14FN5O3/c1-4(19)5-6(13)8(10(21)9(5)20)18-3-17-7-11(14)15-2-16-12(7)18/h2-4,8-10,19-21H,1H3,(H2,14,15,16). The van der Waals surface area contributed by atoms with Gasteiger partial charge < -0.3 is 25.6 Å². The van der Waals surface area contributed by atoms with Crippen molar-refractivity contribution in [3.05, 3.63) is 24.1 Å². The Morgan fingerprint density at radius 1 is 1.33 bits per heavy atom. The Balaban J connectivity index is 2.17. The van der Waals surface area contributed by atoms with Gasteiger partial charge in [0.2, 0.25) is 0 Å². The van der Waals surface area contributed by atoms with Crippen LogP contribution >= 0.6 is 0 Å². The number of imidazole rings is 1. The number of nitrogen functional groups attached to an aromatic ring is 1. The molecule has 5 N–H and O–H groups in total. The SMILES string of the molecule is CC(O)C1=C(F)C(n2cnc3c(N)ncnc32)C(O)C1O. The molecule has 2 aromatic heterocycles. The number of aliphatic hydroxyl groups is 3. The monoisotopic (exact) mass is 295 g/mol. The van der Waals surface area contributed by atoms with E-state index in [2.05, 4.69) is 15.0 Å². The molecule has 0 fully saturated rings. The van der Waals surface area contributed by atoms with Crippen LogP contribution in [0.2, 0.25) is 0 Å². The van der Waals surface area contributed by atoms with Crippen molar-refractivity contribution in [1.29, 1.82) is 0 Å². The lowest BCUT2D eigenvalue weighted by atomic mass is 10.1. The van der Waals surface area contributed by atoms with E-state index in [0.29, 0.717) is 0 Å². The second-order valence-electron chi connectivity index (χ2n) is 4.94. The third-order valence-corrected chi connectivity index (χ3v) is 3.64. The van der Waals surface area contributed by atoms with Gasteiger partial charge in [0.25, 0.3) is 0 Å². The summed E-state index contributed by atoms with van der Waals surface area (Å²) in [6.45, 7) is 1.32. The summed E-state index contributed by atoms with van der Waals surface area (Å²) in [5.41, 5.74) is 5.93.